The first-order valence-corrected chi connectivity index (χ1v) is 16.1. The van der Waals surface area contributed by atoms with Gasteiger partial charge in [-0.15, -0.1) is 0 Å². The van der Waals surface area contributed by atoms with E-state index in [0.717, 1.165) is 22.2 Å². The fraction of sp³-hybridized carbons (Fsp3) is 0.171. The highest BCUT2D eigenvalue weighted by Crippen LogP contribution is 2.40. The lowest BCUT2D eigenvalue weighted by Crippen LogP contribution is -2.31. The topological polar surface area (TPSA) is 167 Å². The summed E-state index contributed by atoms with van der Waals surface area (Å²) in [7, 11) is 0. The molecule has 1 aliphatic heterocycles. The number of benzene rings is 3. The highest BCUT2D eigenvalue weighted by atomic mass is 35.5. The van der Waals surface area contributed by atoms with Gasteiger partial charge in [0.15, 0.2) is 6.61 Å². The van der Waals surface area contributed by atoms with Crippen molar-refractivity contribution < 1.29 is 23.9 Å². The number of ether oxygens (including phenoxy) is 1. The largest absolute Gasteiger partial charge is 0.454 e. The van der Waals surface area contributed by atoms with Crippen molar-refractivity contribution in [1.29, 1.82) is 10.5 Å². The second-order valence-electron chi connectivity index (χ2n) is 11.0. The van der Waals surface area contributed by atoms with Crippen LogP contribution in [0.1, 0.15) is 63.6 Å². The number of esters is 1. The van der Waals surface area contributed by atoms with Crippen molar-refractivity contribution >= 4 is 70.0 Å². The van der Waals surface area contributed by atoms with Crippen LogP contribution in [-0.4, -0.2) is 40.4 Å². The molecule has 0 spiro atoms. The molecule has 13 heteroatoms. The van der Waals surface area contributed by atoms with Crippen LogP contribution in [0.5, 0.6) is 0 Å². The molecule has 2 heterocycles. The molecule has 0 saturated carbocycles. The van der Waals surface area contributed by atoms with Crippen molar-refractivity contribution in [2.45, 2.75) is 36.5 Å². The van der Waals surface area contributed by atoms with Gasteiger partial charge in [-0.05, 0) is 59.5 Å². The van der Waals surface area contributed by atoms with Gasteiger partial charge in [0.1, 0.15) is 28.5 Å². The molecule has 1 saturated heterocycles. The highest BCUT2D eigenvalue weighted by Gasteiger charge is 2.41. The summed E-state index contributed by atoms with van der Waals surface area (Å²) in [5.41, 5.74) is 8.70. The molecule has 1 unspecified atom stereocenters. The number of carbonyl (C=O) groups is 4. The maximum Gasteiger partial charge on any atom is 0.338 e. The third-order valence-electron chi connectivity index (χ3n) is 7.57. The Balaban J connectivity index is 1.32. The van der Waals surface area contributed by atoms with E-state index >= 15 is 0 Å². The Morgan fingerprint density at radius 2 is 1.69 bits per heavy atom. The van der Waals surface area contributed by atoms with Crippen molar-refractivity contribution in [2.75, 3.05) is 17.2 Å². The van der Waals surface area contributed by atoms with Crippen LogP contribution in [0.15, 0.2) is 71.8 Å². The van der Waals surface area contributed by atoms with Gasteiger partial charge >= 0.3 is 5.97 Å². The Bertz CT molecular complexity index is 2050. The van der Waals surface area contributed by atoms with E-state index in [9.17, 15) is 29.7 Å². The molecule has 0 bridgehead atoms. The molecule has 10 nitrogen and oxygen atoms in total. The number of pyridine rings is 1. The number of halogens is 2. The fourth-order valence-electron chi connectivity index (χ4n) is 5.06. The van der Waals surface area contributed by atoms with Crippen LogP contribution in [0.2, 0.25) is 10.0 Å². The van der Waals surface area contributed by atoms with Gasteiger partial charge < -0.3 is 10.5 Å². The Morgan fingerprint density at radius 3 is 2.29 bits per heavy atom. The van der Waals surface area contributed by atoms with Gasteiger partial charge in [-0.1, -0.05) is 73.1 Å². The van der Waals surface area contributed by atoms with E-state index in [0.29, 0.717) is 16.1 Å². The standard InChI is InChI=1S/C35H25Cl2N5O5S/c1-18(2)19-3-5-20(6-4-19)31-25(15-38)32(40)41-33(26(31)16-39)48-29-14-30(44)42(34(29)45)23-10-7-21(8-11-23)35(46)47-17-28(43)24-12-9-22(36)13-27(24)37/h3-13,18,29H,14,17H2,1-2H3,(H2,40,41). The summed E-state index contributed by atoms with van der Waals surface area (Å²) < 4.78 is 5.13. The van der Waals surface area contributed by atoms with Crippen molar-refractivity contribution in [3.05, 3.63) is 105 Å². The van der Waals surface area contributed by atoms with Gasteiger partial charge in [-0.2, -0.15) is 10.5 Å². The Morgan fingerprint density at radius 1 is 1.02 bits per heavy atom. The SMILES string of the molecule is CC(C)c1ccc(-c2c(C#N)c(N)nc(SC3CC(=O)N(c4ccc(C(=O)OCC(=O)c5ccc(Cl)cc5Cl)cc4)C3=O)c2C#N)cc1. The molecular weight excluding hydrogens is 673 g/mol. The number of amides is 2. The van der Waals surface area contributed by atoms with Gasteiger partial charge in [-0.25, -0.2) is 14.7 Å². The predicted molar refractivity (Wildman–Crippen MR) is 182 cm³/mol. The third-order valence-corrected chi connectivity index (χ3v) is 9.29. The second-order valence-corrected chi connectivity index (χ2v) is 13.0. The molecule has 1 aromatic heterocycles. The van der Waals surface area contributed by atoms with E-state index in [1.165, 1.54) is 42.5 Å². The molecule has 1 atom stereocenters. The normalized spacial score (nSPS) is 14.1. The number of nitriles is 2. The number of Topliss-reactive ketones (excluding diaryl/α,β-unsaturated/α-hetero) is 1. The van der Waals surface area contributed by atoms with Crippen LogP contribution in [0.4, 0.5) is 11.5 Å². The number of carbonyl (C=O) groups excluding carboxylic acids is 4. The van der Waals surface area contributed by atoms with Gasteiger partial charge in [0.05, 0.1) is 27.1 Å². The monoisotopic (exact) mass is 697 g/mol. The highest BCUT2D eigenvalue weighted by molar-refractivity contribution is 8.00. The molecule has 2 N–H and O–H groups in total. The zero-order valence-corrected chi connectivity index (χ0v) is 27.8. The van der Waals surface area contributed by atoms with Crippen LogP contribution in [-0.2, 0) is 14.3 Å². The lowest BCUT2D eigenvalue weighted by atomic mass is 9.94. The number of nitrogens with two attached hydrogens (primary N) is 1. The molecule has 1 aliphatic rings. The first-order valence-electron chi connectivity index (χ1n) is 14.5. The van der Waals surface area contributed by atoms with E-state index in [4.69, 9.17) is 33.7 Å². The van der Waals surface area contributed by atoms with Gasteiger partial charge in [0.2, 0.25) is 17.6 Å². The van der Waals surface area contributed by atoms with Crippen LogP contribution in [0, 0.1) is 22.7 Å². The summed E-state index contributed by atoms with van der Waals surface area (Å²) in [6, 6.07) is 21.5. The number of nitrogens with zero attached hydrogens (tertiary/aromatic N) is 4. The van der Waals surface area contributed by atoms with E-state index in [1.54, 1.807) is 12.1 Å². The molecule has 3 aromatic carbocycles. The maximum atomic E-state index is 13.5. The summed E-state index contributed by atoms with van der Waals surface area (Å²) in [6.07, 6.45) is -0.187. The Hall–Kier alpha value is -5.20. The van der Waals surface area contributed by atoms with Crippen LogP contribution >= 0.6 is 35.0 Å². The minimum Gasteiger partial charge on any atom is -0.454 e. The summed E-state index contributed by atoms with van der Waals surface area (Å²) in [6.45, 7) is 3.54. The minimum absolute atomic E-state index is 0.0420. The van der Waals surface area contributed by atoms with Crippen molar-refractivity contribution in [2.24, 2.45) is 0 Å². The third kappa shape index (κ3) is 6.90. The molecule has 5 rings (SSSR count). The van der Waals surface area contributed by atoms with Crippen LogP contribution in [0.3, 0.4) is 0 Å². The Kier molecular flexibility index (Phi) is 10.2. The van der Waals surface area contributed by atoms with Gasteiger partial charge in [-0.3, -0.25) is 14.4 Å². The molecule has 240 valence electrons. The second kappa shape index (κ2) is 14.3. The molecule has 1 fully saturated rings. The molecule has 4 aromatic rings. The average molecular weight is 699 g/mol. The predicted octanol–water partition coefficient (Wildman–Crippen LogP) is 6.97. The van der Waals surface area contributed by atoms with Crippen molar-refractivity contribution in [3.8, 4) is 23.3 Å². The Labute approximate surface area is 290 Å². The summed E-state index contributed by atoms with van der Waals surface area (Å²) in [5.74, 6) is -2.20. The first kappa shape index (κ1) is 34.1. The smallest absolute Gasteiger partial charge is 0.338 e. The zero-order chi connectivity index (χ0) is 34.7. The van der Waals surface area contributed by atoms with E-state index in [-0.39, 0.29) is 56.1 Å². The van der Waals surface area contributed by atoms with Crippen molar-refractivity contribution in [1.82, 2.24) is 4.98 Å². The number of ketones is 1. The number of nitrogen functional groups attached to an aromatic ring is 1. The quantitative estimate of drug-likeness (QED) is 0.110. The van der Waals surface area contributed by atoms with E-state index in [1.807, 2.05) is 32.0 Å². The number of hydrogen-bond acceptors (Lipinski definition) is 10. The molecular formula is C35H25Cl2N5O5S. The summed E-state index contributed by atoms with van der Waals surface area (Å²) >= 11 is 12.8. The number of anilines is 2. The summed E-state index contributed by atoms with van der Waals surface area (Å²) in [4.78, 5) is 56.9. The lowest BCUT2D eigenvalue weighted by molar-refractivity contribution is -0.121. The van der Waals surface area contributed by atoms with Gasteiger partial charge in [0.25, 0.3) is 0 Å². The number of imide groups is 1. The average Bonchev–Trinajstić information content (AvgIpc) is 3.34. The maximum absolute atomic E-state index is 13.5. The van der Waals surface area contributed by atoms with Crippen LogP contribution in [0.25, 0.3) is 11.1 Å². The molecule has 48 heavy (non-hydrogen) atoms. The van der Waals surface area contributed by atoms with E-state index in [2.05, 4.69) is 11.1 Å². The molecule has 0 radical (unpaired) electrons. The van der Waals surface area contributed by atoms with E-state index < -0.39 is 35.4 Å². The minimum atomic E-state index is -0.934. The molecule has 0 aliphatic carbocycles. The first-order chi connectivity index (χ1) is 22.9. The number of rotatable bonds is 9. The lowest BCUT2D eigenvalue weighted by Gasteiger charge is -2.17. The fourth-order valence-corrected chi connectivity index (χ4v) is 6.70. The summed E-state index contributed by atoms with van der Waals surface area (Å²) in [5, 5.41) is 19.7. The molecule has 2 amide bonds. The zero-order valence-electron chi connectivity index (χ0n) is 25.5. The van der Waals surface area contributed by atoms with Gasteiger partial charge in [0, 0.05) is 22.6 Å². The number of hydrogen-bond donors (Lipinski definition) is 1. The van der Waals surface area contributed by atoms with Crippen LogP contribution < -0.4 is 10.6 Å². The number of aromatic nitrogens is 1. The number of thioether (sulfide) groups is 1. The van der Waals surface area contributed by atoms with Crippen molar-refractivity contribution in [3.63, 3.8) is 0 Å².